The van der Waals surface area contributed by atoms with Crippen molar-refractivity contribution in [1.29, 1.82) is 0 Å². The third-order valence-electron chi connectivity index (χ3n) is 2.51. The van der Waals surface area contributed by atoms with Crippen molar-refractivity contribution in [3.8, 4) is 0 Å². The normalized spacial score (nSPS) is 14.3. The second-order valence-corrected chi connectivity index (χ2v) is 4.92. The average Bonchev–Trinajstić information content (AvgIpc) is 2.13. The quantitative estimate of drug-likeness (QED) is 0.770. The molecule has 0 radical (unpaired) electrons. The molecule has 2 nitrogen and oxygen atoms in total. The highest BCUT2D eigenvalue weighted by molar-refractivity contribution is 5.14. The molecule has 1 N–H and O–H groups in total. The number of hydrogen-bond acceptors (Lipinski definition) is 2. The van der Waals surface area contributed by atoms with Crippen molar-refractivity contribution in [1.82, 2.24) is 4.90 Å². The van der Waals surface area contributed by atoms with Gasteiger partial charge in [-0.2, -0.15) is 0 Å². The Balaban J connectivity index is 2.77. The largest absolute Gasteiger partial charge is 0.379 e. The lowest BCUT2D eigenvalue weighted by Gasteiger charge is -2.37. The summed E-state index contributed by atoms with van der Waals surface area (Å²) in [5.74, 6) is 0. The number of aliphatic hydroxyl groups excluding tert-OH is 1. The van der Waals surface area contributed by atoms with E-state index >= 15 is 0 Å². The number of hydrogen-bond donors (Lipinski definition) is 1. The molecule has 1 rings (SSSR count). The number of aliphatic hydroxyl groups is 1. The summed E-state index contributed by atoms with van der Waals surface area (Å²) in [4.78, 5) is 2.07. The lowest BCUT2D eigenvalue weighted by atomic mass is 10.0. The van der Waals surface area contributed by atoms with Gasteiger partial charge in [0.1, 0.15) is 6.23 Å². The molecule has 1 aromatic rings. The van der Waals surface area contributed by atoms with E-state index in [0.717, 1.165) is 6.54 Å². The highest BCUT2D eigenvalue weighted by atomic mass is 16.3. The molecule has 0 aliphatic rings. The standard InChI is InChI=1S/C13H21NO/c1-11(15)14(13(2,3)4)10-12-8-6-5-7-9-12/h5-9,11,15H,10H2,1-4H3. The zero-order chi connectivity index (χ0) is 11.5. The summed E-state index contributed by atoms with van der Waals surface area (Å²) in [6.07, 6.45) is -0.426. The van der Waals surface area contributed by atoms with E-state index in [1.165, 1.54) is 5.56 Å². The van der Waals surface area contributed by atoms with E-state index < -0.39 is 6.23 Å². The van der Waals surface area contributed by atoms with Gasteiger partial charge in [-0.25, -0.2) is 0 Å². The summed E-state index contributed by atoms with van der Waals surface area (Å²) in [6.45, 7) is 8.93. The fourth-order valence-electron chi connectivity index (χ4n) is 1.71. The fraction of sp³-hybridized carbons (Fsp3) is 0.538. The molecule has 1 atom stereocenters. The predicted octanol–water partition coefficient (Wildman–Crippen LogP) is 2.63. The van der Waals surface area contributed by atoms with Crippen LogP contribution in [-0.4, -0.2) is 21.8 Å². The van der Waals surface area contributed by atoms with Crippen LogP contribution in [0.3, 0.4) is 0 Å². The van der Waals surface area contributed by atoms with Gasteiger partial charge in [-0.05, 0) is 33.3 Å². The van der Waals surface area contributed by atoms with Gasteiger partial charge in [-0.1, -0.05) is 30.3 Å². The summed E-state index contributed by atoms with van der Waals surface area (Å²) >= 11 is 0. The minimum Gasteiger partial charge on any atom is -0.379 e. The summed E-state index contributed by atoms with van der Waals surface area (Å²) < 4.78 is 0. The Morgan fingerprint density at radius 1 is 1.20 bits per heavy atom. The number of benzene rings is 1. The SMILES string of the molecule is CC(O)N(Cc1ccccc1)C(C)(C)C. The molecule has 15 heavy (non-hydrogen) atoms. The molecule has 0 fully saturated rings. The van der Waals surface area contributed by atoms with E-state index in [9.17, 15) is 5.11 Å². The van der Waals surface area contributed by atoms with Crippen LogP contribution >= 0.6 is 0 Å². The second-order valence-electron chi connectivity index (χ2n) is 4.92. The van der Waals surface area contributed by atoms with Gasteiger partial charge in [0.15, 0.2) is 0 Å². The van der Waals surface area contributed by atoms with Gasteiger partial charge in [0.25, 0.3) is 0 Å². The van der Waals surface area contributed by atoms with Crippen molar-refractivity contribution in [2.24, 2.45) is 0 Å². The van der Waals surface area contributed by atoms with Gasteiger partial charge >= 0.3 is 0 Å². The van der Waals surface area contributed by atoms with Crippen molar-refractivity contribution >= 4 is 0 Å². The van der Waals surface area contributed by atoms with Crippen molar-refractivity contribution in [3.05, 3.63) is 35.9 Å². The van der Waals surface area contributed by atoms with Crippen LogP contribution in [0.25, 0.3) is 0 Å². The Bertz CT molecular complexity index is 287. The van der Waals surface area contributed by atoms with Gasteiger partial charge in [0, 0.05) is 12.1 Å². The maximum absolute atomic E-state index is 9.74. The molecule has 0 amide bonds. The molecule has 0 saturated heterocycles. The van der Waals surface area contributed by atoms with E-state index in [-0.39, 0.29) is 5.54 Å². The fourth-order valence-corrected chi connectivity index (χ4v) is 1.71. The Morgan fingerprint density at radius 3 is 2.13 bits per heavy atom. The maximum Gasteiger partial charge on any atom is 0.105 e. The van der Waals surface area contributed by atoms with E-state index in [0.29, 0.717) is 0 Å². The Kier molecular flexibility index (Phi) is 3.89. The van der Waals surface area contributed by atoms with Crippen LogP contribution in [0.15, 0.2) is 30.3 Å². The zero-order valence-corrected chi connectivity index (χ0v) is 10.1. The maximum atomic E-state index is 9.74. The van der Waals surface area contributed by atoms with Crippen LogP contribution in [-0.2, 0) is 6.54 Å². The van der Waals surface area contributed by atoms with E-state index in [2.05, 4.69) is 37.8 Å². The predicted molar refractivity (Wildman–Crippen MR) is 63.4 cm³/mol. The topological polar surface area (TPSA) is 23.5 Å². The molecular weight excluding hydrogens is 186 g/mol. The van der Waals surface area contributed by atoms with Crippen molar-refractivity contribution in [2.45, 2.75) is 46.0 Å². The molecule has 0 spiro atoms. The van der Waals surface area contributed by atoms with Crippen LogP contribution < -0.4 is 0 Å². The van der Waals surface area contributed by atoms with Crippen LogP contribution in [0.5, 0.6) is 0 Å². The smallest absolute Gasteiger partial charge is 0.105 e. The molecule has 1 unspecified atom stereocenters. The van der Waals surface area contributed by atoms with Gasteiger partial charge in [0.05, 0.1) is 0 Å². The van der Waals surface area contributed by atoms with Crippen molar-refractivity contribution in [3.63, 3.8) is 0 Å². The minimum absolute atomic E-state index is 0.0238. The summed E-state index contributed by atoms with van der Waals surface area (Å²) in [6, 6.07) is 10.2. The molecule has 0 bridgehead atoms. The molecule has 2 heteroatoms. The first kappa shape index (κ1) is 12.2. The van der Waals surface area contributed by atoms with Gasteiger partial charge < -0.3 is 5.11 Å². The molecule has 1 aromatic carbocycles. The molecule has 0 saturated carbocycles. The minimum atomic E-state index is -0.426. The molecule has 0 aliphatic heterocycles. The Hall–Kier alpha value is -0.860. The summed E-state index contributed by atoms with van der Waals surface area (Å²) in [5, 5.41) is 9.74. The van der Waals surface area contributed by atoms with Crippen LogP contribution in [0.4, 0.5) is 0 Å². The molecule has 0 aromatic heterocycles. The third kappa shape index (κ3) is 3.65. The first-order valence-corrected chi connectivity index (χ1v) is 5.40. The van der Waals surface area contributed by atoms with Crippen LogP contribution in [0.1, 0.15) is 33.3 Å². The Morgan fingerprint density at radius 2 is 1.73 bits per heavy atom. The summed E-state index contributed by atoms with van der Waals surface area (Å²) in [7, 11) is 0. The lowest BCUT2D eigenvalue weighted by Crippen LogP contribution is -2.46. The van der Waals surface area contributed by atoms with Gasteiger partial charge in [0.2, 0.25) is 0 Å². The summed E-state index contributed by atoms with van der Waals surface area (Å²) in [5.41, 5.74) is 1.21. The highest BCUT2D eigenvalue weighted by Gasteiger charge is 2.24. The second kappa shape index (κ2) is 4.77. The van der Waals surface area contributed by atoms with Gasteiger partial charge in [-0.3, -0.25) is 4.90 Å². The number of rotatable bonds is 3. The third-order valence-corrected chi connectivity index (χ3v) is 2.51. The zero-order valence-electron chi connectivity index (χ0n) is 10.1. The molecular formula is C13H21NO. The molecule has 0 aliphatic carbocycles. The molecule has 0 heterocycles. The lowest BCUT2D eigenvalue weighted by molar-refractivity contribution is -0.0449. The van der Waals surface area contributed by atoms with E-state index in [4.69, 9.17) is 0 Å². The monoisotopic (exact) mass is 207 g/mol. The van der Waals surface area contributed by atoms with E-state index in [1.807, 2.05) is 25.1 Å². The number of nitrogens with zero attached hydrogens (tertiary/aromatic N) is 1. The van der Waals surface area contributed by atoms with Crippen molar-refractivity contribution < 1.29 is 5.11 Å². The van der Waals surface area contributed by atoms with Gasteiger partial charge in [-0.15, -0.1) is 0 Å². The molecule has 84 valence electrons. The van der Waals surface area contributed by atoms with Crippen LogP contribution in [0, 0.1) is 0 Å². The first-order valence-electron chi connectivity index (χ1n) is 5.40. The van der Waals surface area contributed by atoms with Crippen LogP contribution in [0.2, 0.25) is 0 Å². The van der Waals surface area contributed by atoms with Crippen molar-refractivity contribution in [2.75, 3.05) is 0 Å². The van der Waals surface area contributed by atoms with E-state index in [1.54, 1.807) is 0 Å². The first-order chi connectivity index (χ1) is 6.91. The Labute approximate surface area is 92.5 Å². The average molecular weight is 207 g/mol. The highest BCUT2D eigenvalue weighted by Crippen LogP contribution is 2.19.